The van der Waals surface area contributed by atoms with E-state index in [0.29, 0.717) is 18.4 Å². The number of imidazole rings is 1. The van der Waals surface area contributed by atoms with Crippen LogP contribution >= 0.6 is 0 Å². The quantitative estimate of drug-likeness (QED) is 0.536. The van der Waals surface area contributed by atoms with Gasteiger partial charge in [0.15, 0.2) is 5.58 Å². The van der Waals surface area contributed by atoms with Gasteiger partial charge in [-0.2, -0.15) is 0 Å². The van der Waals surface area contributed by atoms with Gasteiger partial charge in [0.2, 0.25) is 5.89 Å². The van der Waals surface area contributed by atoms with E-state index in [-0.39, 0.29) is 0 Å². The van der Waals surface area contributed by atoms with Crippen LogP contribution in [-0.2, 0) is 11.3 Å². The number of nitrogens with zero attached hydrogens (tertiary/aromatic N) is 3. The van der Waals surface area contributed by atoms with Crippen molar-refractivity contribution in [1.29, 1.82) is 0 Å². The lowest BCUT2D eigenvalue weighted by molar-refractivity contribution is 0.193. The summed E-state index contributed by atoms with van der Waals surface area (Å²) < 4.78 is 13.8. The van der Waals surface area contributed by atoms with Crippen molar-refractivity contribution < 1.29 is 9.15 Å². The molecule has 0 amide bonds. The second-order valence-electron chi connectivity index (χ2n) is 7.06. The van der Waals surface area contributed by atoms with E-state index < -0.39 is 0 Å². The zero-order valence-electron chi connectivity index (χ0n) is 15.3. The lowest BCUT2D eigenvalue weighted by atomic mass is 9.99. The maximum absolute atomic E-state index is 5.99. The second kappa shape index (κ2) is 6.67. The molecule has 1 aliphatic rings. The predicted molar refractivity (Wildman–Crippen MR) is 104 cm³/mol. The van der Waals surface area contributed by atoms with E-state index in [2.05, 4.69) is 29.7 Å². The van der Waals surface area contributed by atoms with Gasteiger partial charge in [0.05, 0.1) is 24.3 Å². The summed E-state index contributed by atoms with van der Waals surface area (Å²) in [5, 5.41) is 0. The van der Waals surface area contributed by atoms with E-state index in [1.807, 2.05) is 36.7 Å². The summed E-state index contributed by atoms with van der Waals surface area (Å²) in [6, 6.07) is 16.4. The van der Waals surface area contributed by atoms with E-state index in [0.717, 1.165) is 47.6 Å². The van der Waals surface area contributed by atoms with E-state index in [4.69, 9.17) is 19.1 Å². The molecule has 0 bridgehead atoms. The Labute approximate surface area is 157 Å². The first-order valence-electron chi connectivity index (χ1n) is 9.33. The molecule has 0 aliphatic carbocycles. The monoisotopic (exact) mass is 359 g/mol. The zero-order valence-corrected chi connectivity index (χ0v) is 15.3. The molecule has 5 rings (SSSR count). The summed E-state index contributed by atoms with van der Waals surface area (Å²) in [4.78, 5) is 9.45. The molecule has 1 atom stereocenters. The molecule has 1 aliphatic heterocycles. The largest absolute Gasteiger partial charge is 0.439 e. The van der Waals surface area contributed by atoms with Crippen molar-refractivity contribution in [2.75, 3.05) is 13.2 Å². The highest BCUT2D eigenvalue weighted by molar-refractivity contribution is 5.76. The number of hydrogen-bond donors (Lipinski definition) is 0. The van der Waals surface area contributed by atoms with Crippen LogP contribution in [0.15, 0.2) is 59.3 Å². The average Bonchev–Trinajstić information content (AvgIpc) is 3.42. The van der Waals surface area contributed by atoms with Crippen molar-refractivity contribution in [3.05, 3.63) is 72.0 Å². The molecule has 27 heavy (non-hydrogen) atoms. The molecule has 4 aromatic rings. The number of aryl methyl sites for hydroxylation is 1. The van der Waals surface area contributed by atoms with Crippen molar-refractivity contribution in [1.82, 2.24) is 14.5 Å². The fourth-order valence-electron chi connectivity index (χ4n) is 3.86. The van der Waals surface area contributed by atoms with E-state index in [9.17, 15) is 0 Å². The third kappa shape index (κ3) is 2.94. The van der Waals surface area contributed by atoms with Crippen LogP contribution in [0.5, 0.6) is 0 Å². The number of hydrogen-bond acceptors (Lipinski definition) is 4. The number of aromatic nitrogens is 3. The van der Waals surface area contributed by atoms with Crippen LogP contribution in [0.4, 0.5) is 0 Å². The molecule has 5 nitrogen and oxygen atoms in total. The third-order valence-corrected chi connectivity index (χ3v) is 5.21. The smallest absolute Gasteiger partial charge is 0.215 e. The van der Waals surface area contributed by atoms with Gasteiger partial charge in [-0.1, -0.05) is 42.5 Å². The van der Waals surface area contributed by atoms with Gasteiger partial charge < -0.3 is 13.7 Å². The fourth-order valence-corrected chi connectivity index (χ4v) is 3.86. The minimum atomic E-state index is 0.342. The molecule has 0 N–H and O–H groups in total. The first kappa shape index (κ1) is 16.3. The van der Waals surface area contributed by atoms with Gasteiger partial charge >= 0.3 is 0 Å². The summed E-state index contributed by atoms with van der Waals surface area (Å²) in [6.07, 6.45) is 2.91. The standard InChI is InChI=1S/C22H21N3O2/c1-15-6-5-9-18-20(15)24-19(27-18)12-25-14-23-21(16-7-3-2-4-8-16)22(25)17-10-11-26-13-17/h2-9,14,17H,10-13H2,1H3. The van der Waals surface area contributed by atoms with Gasteiger partial charge in [0.1, 0.15) is 12.1 Å². The van der Waals surface area contributed by atoms with E-state index in [1.54, 1.807) is 0 Å². The number of para-hydroxylation sites is 1. The summed E-state index contributed by atoms with van der Waals surface area (Å²) in [7, 11) is 0. The van der Waals surface area contributed by atoms with Gasteiger partial charge in [0.25, 0.3) is 0 Å². The molecule has 3 heterocycles. The lowest BCUT2D eigenvalue weighted by Crippen LogP contribution is -2.10. The fraction of sp³-hybridized carbons (Fsp3) is 0.273. The second-order valence-corrected chi connectivity index (χ2v) is 7.06. The van der Waals surface area contributed by atoms with Gasteiger partial charge in [-0.05, 0) is 25.0 Å². The first-order valence-corrected chi connectivity index (χ1v) is 9.33. The number of benzene rings is 2. The molecular weight excluding hydrogens is 338 g/mol. The molecule has 2 aromatic heterocycles. The van der Waals surface area contributed by atoms with Crippen LogP contribution in [0.2, 0.25) is 0 Å². The van der Waals surface area contributed by atoms with Crippen molar-refractivity contribution in [2.45, 2.75) is 25.8 Å². The van der Waals surface area contributed by atoms with Gasteiger partial charge in [-0.3, -0.25) is 0 Å². The average molecular weight is 359 g/mol. The van der Waals surface area contributed by atoms with Crippen molar-refractivity contribution in [3.63, 3.8) is 0 Å². The Balaban J connectivity index is 1.57. The minimum Gasteiger partial charge on any atom is -0.439 e. The normalized spacial score (nSPS) is 17.0. The Bertz CT molecular complexity index is 1080. The topological polar surface area (TPSA) is 53.1 Å². The van der Waals surface area contributed by atoms with Crippen LogP contribution < -0.4 is 0 Å². The highest BCUT2D eigenvalue weighted by Gasteiger charge is 2.26. The number of fused-ring (bicyclic) bond motifs is 1. The lowest BCUT2D eigenvalue weighted by Gasteiger charge is -2.14. The molecule has 1 unspecified atom stereocenters. The van der Waals surface area contributed by atoms with Crippen LogP contribution in [0.1, 0.15) is 29.5 Å². The summed E-state index contributed by atoms with van der Waals surface area (Å²) in [5.41, 5.74) is 6.26. The Morgan fingerprint density at radius 3 is 2.78 bits per heavy atom. The molecule has 1 fully saturated rings. The Morgan fingerprint density at radius 1 is 1.11 bits per heavy atom. The maximum atomic E-state index is 5.99. The van der Waals surface area contributed by atoms with Crippen molar-refractivity contribution in [2.24, 2.45) is 0 Å². The van der Waals surface area contributed by atoms with Gasteiger partial charge in [0, 0.05) is 18.1 Å². The predicted octanol–water partition coefficient (Wildman–Crippen LogP) is 4.55. The van der Waals surface area contributed by atoms with Gasteiger partial charge in [-0.15, -0.1) is 0 Å². The van der Waals surface area contributed by atoms with Crippen LogP contribution in [0.25, 0.3) is 22.4 Å². The molecule has 1 saturated heterocycles. The molecule has 0 radical (unpaired) electrons. The zero-order chi connectivity index (χ0) is 18.2. The molecule has 136 valence electrons. The Kier molecular flexibility index (Phi) is 4.02. The molecule has 2 aromatic carbocycles. The van der Waals surface area contributed by atoms with Crippen LogP contribution in [-0.4, -0.2) is 27.7 Å². The third-order valence-electron chi connectivity index (χ3n) is 5.21. The van der Waals surface area contributed by atoms with Gasteiger partial charge in [-0.25, -0.2) is 9.97 Å². The highest BCUT2D eigenvalue weighted by Crippen LogP contribution is 2.33. The van der Waals surface area contributed by atoms with Crippen molar-refractivity contribution in [3.8, 4) is 11.3 Å². The molecule has 5 heteroatoms. The minimum absolute atomic E-state index is 0.342. The Hall–Kier alpha value is -2.92. The Morgan fingerprint density at radius 2 is 2.00 bits per heavy atom. The number of oxazole rings is 1. The maximum Gasteiger partial charge on any atom is 0.215 e. The van der Waals surface area contributed by atoms with Crippen molar-refractivity contribution >= 4 is 11.1 Å². The molecule has 0 spiro atoms. The van der Waals surface area contributed by atoms with E-state index >= 15 is 0 Å². The first-order chi connectivity index (χ1) is 13.3. The summed E-state index contributed by atoms with van der Waals surface area (Å²) in [5.74, 6) is 1.05. The molecule has 0 saturated carbocycles. The van der Waals surface area contributed by atoms with E-state index in [1.165, 1.54) is 5.69 Å². The SMILES string of the molecule is Cc1cccc2oc(Cn3cnc(-c4ccccc4)c3C3CCOC3)nc12. The highest BCUT2D eigenvalue weighted by atomic mass is 16.5. The molecular formula is C22H21N3O2. The summed E-state index contributed by atoms with van der Waals surface area (Å²) in [6.45, 7) is 4.16. The summed E-state index contributed by atoms with van der Waals surface area (Å²) >= 11 is 0. The van der Waals surface area contributed by atoms with Crippen LogP contribution in [0.3, 0.4) is 0 Å². The number of ether oxygens (including phenoxy) is 1. The van der Waals surface area contributed by atoms with Crippen LogP contribution in [0, 0.1) is 6.92 Å². The number of rotatable bonds is 4.